The van der Waals surface area contributed by atoms with E-state index in [4.69, 9.17) is 4.74 Å². The summed E-state index contributed by atoms with van der Waals surface area (Å²) in [6.45, 7) is 4.83. The molecule has 0 bridgehead atoms. The van der Waals surface area contributed by atoms with Crippen molar-refractivity contribution in [2.45, 2.75) is 6.92 Å². The quantitative estimate of drug-likeness (QED) is 0.901. The van der Waals surface area contributed by atoms with Gasteiger partial charge in [0.15, 0.2) is 0 Å². The number of aryl methyl sites for hydroxylation is 1. The van der Waals surface area contributed by atoms with Gasteiger partial charge < -0.3 is 9.64 Å². The third kappa shape index (κ3) is 2.58. The van der Waals surface area contributed by atoms with Gasteiger partial charge in [0.1, 0.15) is 5.69 Å². The van der Waals surface area contributed by atoms with Crippen molar-refractivity contribution in [1.82, 2.24) is 10.2 Å². The number of aromatic nitrogens is 2. The lowest BCUT2D eigenvalue weighted by Crippen LogP contribution is -2.39. The topological polar surface area (TPSA) is 58.2 Å². The van der Waals surface area contributed by atoms with Crippen LogP contribution in [0.5, 0.6) is 0 Å². The van der Waals surface area contributed by atoms with E-state index in [0.717, 1.165) is 24.3 Å². The van der Waals surface area contributed by atoms with Crippen LogP contribution in [0.2, 0.25) is 0 Å². The summed E-state index contributed by atoms with van der Waals surface area (Å²) >= 11 is 0. The fraction of sp³-hybridized carbons (Fsp3) is 0.333. The SMILES string of the molecule is Cc1ccc(-c2cc(N3CCOCC3)c(=O)[nH]n2)cc1. The summed E-state index contributed by atoms with van der Waals surface area (Å²) in [4.78, 5) is 14.0. The number of morpholine rings is 1. The number of hydrogen-bond acceptors (Lipinski definition) is 4. The van der Waals surface area contributed by atoms with Crippen LogP contribution in [0.25, 0.3) is 11.3 Å². The zero-order valence-corrected chi connectivity index (χ0v) is 11.4. The predicted octanol–water partition coefficient (Wildman–Crippen LogP) is 1.58. The van der Waals surface area contributed by atoms with E-state index in [1.54, 1.807) is 0 Å². The second-order valence-corrected chi connectivity index (χ2v) is 4.93. The summed E-state index contributed by atoms with van der Waals surface area (Å²) in [6, 6.07) is 9.96. The van der Waals surface area contributed by atoms with Crippen LogP contribution in [-0.4, -0.2) is 36.5 Å². The highest BCUT2D eigenvalue weighted by molar-refractivity contribution is 5.63. The maximum Gasteiger partial charge on any atom is 0.287 e. The zero-order chi connectivity index (χ0) is 13.9. The highest BCUT2D eigenvalue weighted by atomic mass is 16.5. The number of benzene rings is 1. The Morgan fingerprint density at radius 2 is 1.90 bits per heavy atom. The van der Waals surface area contributed by atoms with E-state index in [1.165, 1.54) is 5.56 Å². The fourth-order valence-corrected chi connectivity index (χ4v) is 2.31. The molecule has 20 heavy (non-hydrogen) atoms. The average molecular weight is 271 g/mol. The Morgan fingerprint density at radius 1 is 1.20 bits per heavy atom. The third-order valence-electron chi connectivity index (χ3n) is 3.48. The predicted molar refractivity (Wildman–Crippen MR) is 78.1 cm³/mol. The summed E-state index contributed by atoms with van der Waals surface area (Å²) in [5.74, 6) is 0. The van der Waals surface area contributed by atoms with Crippen molar-refractivity contribution in [3.8, 4) is 11.3 Å². The second-order valence-electron chi connectivity index (χ2n) is 4.93. The van der Waals surface area contributed by atoms with E-state index in [-0.39, 0.29) is 5.56 Å². The number of nitrogens with one attached hydrogen (secondary N) is 1. The van der Waals surface area contributed by atoms with E-state index in [1.807, 2.05) is 42.2 Å². The molecule has 1 aromatic heterocycles. The van der Waals surface area contributed by atoms with E-state index in [9.17, 15) is 4.79 Å². The van der Waals surface area contributed by atoms with Crippen LogP contribution in [0.3, 0.4) is 0 Å². The summed E-state index contributed by atoms with van der Waals surface area (Å²) in [6.07, 6.45) is 0. The normalized spacial score (nSPS) is 15.3. The molecule has 104 valence electrons. The average Bonchev–Trinajstić information content (AvgIpc) is 2.50. The Hall–Kier alpha value is -2.14. The smallest absolute Gasteiger partial charge is 0.287 e. The Bertz CT molecular complexity index is 643. The number of rotatable bonds is 2. The molecule has 0 spiro atoms. The van der Waals surface area contributed by atoms with Gasteiger partial charge in [0.25, 0.3) is 5.56 Å². The Kier molecular flexibility index (Phi) is 3.52. The minimum Gasteiger partial charge on any atom is -0.378 e. The van der Waals surface area contributed by atoms with Crippen LogP contribution in [-0.2, 0) is 4.74 Å². The van der Waals surface area contributed by atoms with Gasteiger partial charge in [0.05, 0.1) is 18.9 Å². The van der Waals surface area contributed by atoms with Crippen LogP contribution >= 0.6 is 0 Å². The van der Waals surface area contributed by atoms with Crippen molar-refractivity contribution in [1.29, 1.82) is 0 Å². The van der Waals surface area contributed by atoms with Gasteiger partial charge >= 0.3 is 0 Å². The first-order valence-corrected chi connectivity index (χ1v) is 6.73. The molecule has 1 saturated heterocycles. The minimum absolute atomic E-state index is 0.150. The van der Waals surface area contributed by atoms with Gasteiger partial charge in [-0.25, -0.2) is 5.10 Å². The Morgan fingerprint density at radius 3 is 2.60 bits per heavy atom. The molecule has 2 heterocycles. The molecule has 5 heteroatoms. The van der Waals surface area contributed by atoms with Crippen molar-refractivity contribution in [3.05, 3.63) is 46.2 Å². The number of ether oxygens (including phenoxy) is 1. The van der Waals surface area contributed by atoms with Gasteiger partial charge in [-0.3, -0.25) is 4.79 Å². The number of anilines is 1. The Labute approximate surface area is 117 Å². The summed E-state index contributed by atoms with van der Waals surface area (Å²) in [7, 11) is 0. The van der Waals surface area contributed by atoms with Gasteiger partial charge in [0, 0.05) is 18.7 Å². The number of aromatic amines is 1. The highest BCUT2D eigenvalue weighted by Gasteiger charge is 2.15. The molecule has 0 aliphatic carbocycles. The lowest BCUT2D eigenvalue weighted by Gasteiger charge is -2.28. The molecule has 1 aliphatic rings. The lowest BCUT2D eigenvalue weighted by atomic mass is 10.1. The molecule has 1 fully saturated rings. The van der Waals surface area contributed by atoms with Gasteiger partial charge in [-0.2, -0.15) is 5.10 Å². The van der Waals surface area contributed by atoms with Gasteiger partial charge in [-0.1, -0.05) is 29.8 Å². The molecule has 1 aromatic carbocycles. The minimum atomic E-state index is -0.150. The largest absolute Gasteiger partial charge is 0.378 e. The van der Waals surface area contributed by atoms with E-state index in [2.05, 4.69) is 10.2 Å². The summed E-state index contributed by atoms with van der Waals surface area (Å²) in [5, 5.41) is 6.73. The van der Waals surface area contributed by atoms with E-state index >= 15 is 0 Å². The molecule has 0 saturated carbocycles. The molecule has 2 aromatic rings. The van der Waals surface area contributed by atoms with Gasteiger partial charge in [-0.05, 0) is 13.0 Å². The molecule has 0 atom stereocenters. The molecule has 1 N–H and O–H groups in total. The highest BCUT2D eigenvalue weighted by Crippen LogP contribution is 2.20. The van der Waals surface area contributed by atoms with E-state index in [0.29, 0.717) is 18.9 Å². The standard InChI is InChI=1S/C15H17N3O2/c1-11-2-4-12(5-3-11)13-10-14(15(19)17-16-13)18-6-8-20-9-7-18/h2-5,10H,6-9H2,1H3,(H,17,19). The maximum absolute atomic E-state index is 12.0. The van der Waals surface area contributed by atoms with Crippen molar-refractivity contribution < 1.29 is 4.74 Å². The monoisotopic (exact) mass is 271 g/mol. The van der Waals surface area contributed by atoms with Crippen molar-refractivity contribution >= 4 is 5.69 Å². The van der Waals surface area contributed by atoms with Gasteiger partial charge in [-0.15, -0.1) is 0 Å². The van der Waals surface area contributed by atoms with Crippen molar-refractivity contribution in [2.75, 3.05) is 31.2 Å². The zero-order valence-electron chi connectivity index (χ0n) is 11.4. The molecule has 3 rings (SSSR count). The third-order valence-corrected chi connectivity index (χ3v) is 3.48. The number of nitrogens with zero attached hydrogens (tertiary/aromatic N) is 2. The molecule has 5 nitrogen and oxygen atoms in total. The summed E-state index contributed by atoms with van der Waals surface area (Å²) in [5.41, 5.74) is 3.50. The summed E-state index contributed by atoms with van der Waals surface area (Å²) < 4.78 is 5.32. The maximum atomic E-state index is 12.0. The first-order chi connectivity index (χ1) is 9.74. The van der Waals surface area contributed by atoms with Crippen LogP contribution in [0, 0.1) is 6.92 Å². The lowest BCUT2D eigenvalue weighted by molar-refractivity contribution is 0.122. The number of H-pyrrole nitrogens is 1. The Balaban J connectivity index is 1.97. The number of hydrogen-bond donors (Lipinski definition) is 1. The first-order valence-electron chi connectivity index (χ1n) is 6.73. The van der Waals surface area contributed by atoms with Crippen LogP contribution in [0.4, 0.5) is 5.69 Å². The van der Waals surface area contributed by atoms with Crippen LogP contribution in [0.15, 0.2) is 35.1 Å². The second kappa shape index (κ2) is 5.46. The first kappa shape index (κ1) is 12.9. The van der Waals surface area contributed by atoms with Crippen LogP contribution in [0.1, 0.15) is 5.56 Å². The van der Waals surface area contributed by atoms with Crippen LogP contribution < -0.4 is 10.5 Å². The van der Waals surface area contributed by atoms with Crippen molar-refractivity contribution in [3.63, 3.8) is 0 Å². The molecule has 0 amide bonds. The van der Waals surface area contributed by atoms with E-state index < -0.39 is 0 Å². The van der Waals surface area contributed by atoms with Gasteiger partial charge in [0.2, 0.25) is 0 Å². The molecular weight excluding hydrogens is 254 g/mol. The fourth-order valence-electron chi connectivity index (χ4n) is 2.31. The molecular formula is C15H17N3O2. The molecule has 0 radical (unpaired) electrons. The molecule has 1 aliphatic heterocycles. The van der Waals surface area contributed by atoms with Crippen molar-refractivity contribution in [2.24, 2.45) is 0 Å². The molecule has 0 unspecified atom stereocenters.